The highest BCUT2D eigenvalue weighted by Gasteiger charge is 2.10. The highest BCUT2D eigenvalue weighted by atomic mass is 32.2. The van der Waals surface area contributed by atoms with Crippen molar-refractivity contribution >= 4 is 45.0 Å². The molecular formula is C16H17N3OS2. The number of nitrogens with zero attached hydrogens (tertiary/aromatic N) is 2. The fourth-order valence-corrected chi connectivity index (χ4v) is 3.99. The summed E-state index contributed by atoms with van der Waals surface area (Å²) in [6.45, 7) is 2.63. The molecule has 0 saturated heterocycles. The molecule has 6 heteroatoms. The number of carbonyl (C=O) groups is 1. The molecule has 0 atom stereocenters. The Morgan fingerprint density at radius 1 is 1.36 bits per heavy atom. The average molecular weight is 331 g/mol. The van der Waals surface area contributed by atoms with Crippen LogP contribution in [0.1, 0.15) is 12.1 Å². The Hall–Kier alpha value is -1.79. The molecule has 4 nitrogen and oxygen atoms in total. The van der Waals surface area contributed by atoms with Gasteiger partial charge in [0.25, 0.3) is 0 Å². The minimum absolute atomic E-state index is 0.000755. The first kappa shape index (κ1) is 15.1. The number of rotatable bonds is 5. The van der Waals surface area contributed by atoms with Crippen LogP contribution in [0, 0.1) is 6.92 Å². The number of carbonyl (C=O) groups excluding carboxylic acids is 1. The number of nitrogens with one attached hydrogen (secondary N) is 1. The Labute approximate surface area is 137 Å². The van der Waals surface area contributed by atoms with Gasteiger partial charge in [-0.1, -0.05) is 29.5 Å². The van der Waals surface area contributed by atoms with Gasteiger partial charge in [0, 0.05) is 24.7 Å². The summed E-state index contributed by atoms with van der Waals surface area (Å²) in [7, 11) is 0. The largest absolute Gasteiger partial charge is 0.347 e. The Balaban J connectivity index is 1.62. The molecule has 0 saturated carbocycles. The van der Waals surface area contributed by atoms with Crippen molar-refractivity contribution in [3.63, 3.8) is 0 Å². The van der Waals surface area contributed by atoms with Crippen LogP contribution in [0.2, 0.25) is 0 Å². The maximum Gasteiger partial charge on any atom is 0.227 e. The van der Waals surface area contributed by atoms with Crippen LogP contribution >= 0.6 is 23.1 Å². The summed E-state index contributed by atoms with van der Waals surface area (Å²) in [5.41, 5.74) is 2.13. The maximum absolute atomic E-state index is 12.1. The lowest BCUT2D eigenvalue weighted by atomic mass is 10.2. The van der Waals surface area contributed by atoms with E-state index < -0.39 is 0 Å². The van der Waals surface area contributed by atoms with E-state index in [-0.39, 0.29) is 5.91 Å². The van der Waals surface area contributed by atoms with Crippen LogP contribution in [0.4, 0.5) is 5.13 Å². The molecule has 0 radical (unpaired) electrons. The van der Waals surface area contributed by atoms with E-state index in [2.05, 4.69) is 33.1 Å². The molecule has 3 rings (SSSR count). The number of fused-ring (bicyclic) bond motifs is 1. The highest BCUT2D eigenvalue weighted by molar-refractivity contribution is 8.00. The molecule has 2 heterocycles. The first-order valence-electron chi connectivity index (χ1n) is 7.02. The van der Waals surface area contributed by atoms with E-state index in [4.69, 9.17) is 0 Å². The second-order valence-electron chi connectivity index (χ2n) is 4.96. The molecule has 0 bridgehead atoms. The quantitative estimate of drug-likeness (QED) is 0.714. The van der Waals surface area contributed by atoms with Gasteiger partial charge in [-0.2, -0.15) is 0 Å². The summed E-state index contributed by atoms with van der Waals surface area (Å²) in [4.78, 5) is 16.5. The summed E-state index contributed by atoms with van der Waals surface area (Å²) >= 11 is 3.18. The van der Waals surface area contributed by atoms with E-state index >= 15 is 0 Å². The first-order chi connectivity index (χ1) is 10.7. The SMILES string of the molecule is CSc1sc(NC(=O)CCn2ccc3ccccc32)nc1C. The van der Waals surface area contributed by atoms with Crippen molar-refractivity contribution in [2.45, 2.75) is 24.1 Å². The molecule has 0 aliphatic rings. The number of anilines is 1. The van der Waals surface area contributed by atoms with E-state index in [1.165, 1.54) is 16.7 Å². The number of aryl methyl sites for hydroxylation is 2. The lowest BCUT2D eigenvalue weighted by molar-refractivity contribution is -0.116. The van der Waals surface area contributed by atoms with Crippen molar-refractivity contribution in [1.29, 1.82) is 0 Å². The van der Waals surface area contributed by atoms with E-state index in [1.807, 2.05) is 31.5 Å². The van der Waals surface area contributed by atoms with Gasteiger partial charge >= 0.3 is 0 Å². The molecule has 22 heavy (non-hydrogen) atoms. The van der Waals surface area contributed by atoms with Crippen LogP contribution in [0.5, 0.6) is 0 Å². The molecule has 1 N–H and O–H groups in total. The van der Waals surface area contributed by atoms with Gasteiger partial charge in [-0.15, -0.1) is 11.8 Å². The van der Waals surface area contributed by atoms with Gasteiger partial charge in [-0.05, 0) is 30.7 Å². The van der Waals surface area contributed by atoms with Crippen LogP contribution < -0.4 is 5.32 Å². The summed E-state index contributed by atoms with van der Waals surface area (Å²) in [5.74, 6) is -0.000755. The van der Waals surface area contributed by atoms with Gasteiger partial charge in [-0.3, -0.25) is 4.79 Å². The summed E-state index contributed by atoms with van der Waals surface area (Å²) in [6, 6.07) is 10.3. The molecular weight excluding hydrogens is 314 g/mol. The molecule has 3 aromatic rings. The molecule has 0 aliphatic carbocycles. The first-order valence-corrected chi connectivity index (χ1v) is 9.06. The van der Waals surface area contributed by atoms with Crippen molar-refractivity contribution < 1.29 is 4.79 Å². The monoisotopic (exact) mass is 331 g/mol. The fourth-order valence-electron chi connectivity index (χ4n) is 2.36. The molecule has 1 amide bonds. The van der Waals surface area contributed by atoms with Crippen LogP contribution in [0.3, 0.4) is 0 Å². The van der Waals surface area contributed by atoms with Crippen LogP contribution in [0.15, 0.2) is 40.7 Å². The number of hydrogen-bond donors (Lipinski definition) is 1. The third-order valence-corrected chi connectivity index (χ3v) is 5.73. The van der Waals surface area contributed by atoms with Crippen LogP contribution in [-0.4, -0.2) is 21.7 Å². The number of benzene rings is 1. The minimum Gasteiger partial charge on any atom is -0.347 e. The number of hydrogen-bond acceptors (Lipinski definition) is 4. The second kappa shape index (κ2) is 6.54. The lowest BCUT2D eigenvalue weighted by Crippen LogP contribution is -2.14. The number of para-hydroxylation sites is 1. The predicted molar refractivity (Wildman–Crippen MR) is 93.8 cm³/mol. The van der Waals surface area contributed by atoms with Crippen molar-refractivity contribution in [3.8, 4) is 0 Å². The van der Waals surface area contributed by atoms with Gasteiger partial charge in [0.05, 0.1) is 9.90 Å². The molecule has 0 unspecified atom stereocenters. The van der Waals surface area contributed by atoms with Gasteiger partial charge in [0.2, 0.25) is 5.91 Å². The maximum atomic E-state index is 12.1. The highest BCUT2D eigenvalue weighted by Crippen LogP contribution is 2.30. The molecule has 2 aromatic heterocycles. The van der Waals surface area contributed by atoms with E-state index in [9.17, 15) is 4.79 Å². The lowest BCUT2D eigenvalue weighted by Gasteiger charge is -2.05. The van der Waals surface area contributed by atoms with Gasteiger partial charge in [-0.25, -0.2) is 4.98 Å². The Morgan fingerprint density at radius 2 is 2.18 bits per heavy atom. The van der Waals surface area contributed by atoms with Gasteiger partial charge < -0.3 is 9.88 Å². The third-order valence-electron chi connectivity index (χ3n) is 3.45. The fraction of sp³-hybridized carbons (Fsp3) is 0.250. The van der Waals surface area contributed by atoms with Gasteiger partial charge in [0.1, 0.15) is 0 Å². The molecule has 0 fully saturated rings. The zero-order valence-electron chi connectivity index (χ0n) is 12.5. The number of thioether (sulfide) groups is 1. The van der Waals surface area contributed by atoms with Crippen molar-refractivity contribution in [1.82, 2.24) is 9.55 Å². The molecule has 114 valence electrons. The van der Waals surface area contributed by atoms with E-state index in [1.54, 1.807) is 11.8 Å². The number of amides is 1. The van der Waals surface area contributed by atoms with Crippen molar-refractivity contribution in [2.24, 2.45) is 0 Å². The smallest absolute Gasteiger partial charge is 0.227 e. The van der Waals surface area contributed by atoms with Crippen molar-refractivity contribution in [2.75, 3.05) is 11.6 Å². The zero-order valence-corrected chi connectivity index (χ0v) is 14.1. The Bertz CT molecular complexity index is 807. The zero-order chi connectivity index (χ0) is 15.5. The Morgan fingerprint density at radius 3 is 2.95 bits per heavy atom. The number of thiazole rings is 1. The van der Waals surface area contributed by atoms with Gasteiger partial charge in [0.15, 0.2) is 5.13 Å². The molecule has 0 spiro atoms. The topological polar surface area (TPSA) is 46.9 Å². The standard InChI is InChI=1S/C16H17N3OS2/c1-11-15(21-2)22-16(17-11)18-14(20)8-10-19-9-7-12-5-3-4-6-13(12)19/h3-7,9H,8,10H2,1-2H3,(H,17,18,20). The minimum atomic E-state index is -0.000755. The molecule has 0 aliphatic heterocycles. The summed E-state index contributed by atoms with van der Waals surface area (Å²) in [5, 5.41) is 4.77. The summed E-state index contributed by atoms with van der Waals surface area (Å²) in [6.07, 6.45) is 4.48. The number of aromatic nitrogens is 2. The molecule has 1 aromatic carbocycles. The second-order valence-corrected chi connectivity index (χ2v) is 7.04. The summed E-state index contributed by atoms with van der Waals surface area (Å²) < 4.78 is 3.25. The van der Waals surface area contributed by atoms with Crippen LogP contribution in [-0.2, 0) is 11.3 Å². The third kappa shape index (κ3) is 3.18. The van der Waals surface area contributed by atoms with Crippen molar-refractivity contribution in [3.05, 3.63) is 42.2 Å². The Kier molecular flexibility index (Phi) is 4.49. The predicted octanol–water partition coefficient (Wildman–Crippen LogP) is 4.16. The van der Waals surface area contributed by atoms with E-state index in [0.717, 1.165) is 15.4 Å². The normalized spacial score (nSPS) is 11.0. The van der Waals surface area contributed by atoms with E-state index in [0.29, 0.717) is 18.1 Å². The average Bonchev–Trinajstić information content (AvgIpc) is 3.08. The van der Waals surface area contributed by atoms with Crippen LogP contribution in [0.25, 0.3) is 10.9 Å².